The number of hydrogen-bond donors (Lipinski definition) is 2. The van der Waals surface area contributed by atoms with E-state index in [1.807, 2.05) is 0 Å². The summed E-state index contributed by atoms with van der Waals surface area (Å²) in [6.07, 6.45) is 0. The quantitative estimate of drug-likeness (QED) is 0.724. The van der Waals surface area contributed by atoms with Crippen LogP contribution in [0.1, 0.15) is 20.8 Å². The normalized spacial score (nSPS) is 11.9. The van der Waals surface area contributed by atoms with Crippen molar-refractivity contribution in [3.8, 4) is 0 Å². The molecule has 7 heteroatoms. The van der Waals surface area contributed by atoms with Crippen LogP contribution in [-0.2, 0) is 9.59 Å². The Morgan fingerprint density at radius 3 is 2.05 bits per heavy atom. The van der Waals surface area contributed by atoms with E-state index in [9.17, 15) is 14.4 Å². The maximum absolute atomic E-state index is 11.9. The Morgan fingerprint density at radius 2 is 1.74 bits per heavy atom. The number of carbonyl (C=O) groups excluding carboxylic acids is 2. The summed E-state index contributed by atoms with van der Waals surface area (Å²) >= 11 is 0. The molecule has 0 aliphatic rings. The fraction of sp³-hybridized carbons (Fsp3) is 0.750. The van der Waals surface area contributed by atoms with Gasteiger partial charge in [-0.25, -0.2) is 9.59 Å². The van der Waals surface area contributed by atoms with Gasteiger partial charge < -0.3 is 20.2 Å². The largest absolute Gasteiger partial charge is 0.480 e. The lowest BCUT2D eigenvalue weighted by atomic mass is 10.1. The second-order valence-corrected chi connectivity index (χ2v) is 4.81. The summed E-state index contributed by atoms with van der Waals surface area (Å²) in [5.74, 6) is -1.53. The van der Waals surface area contributed by atoms with Crippen LogP contribution in [0.4, 0.5) is 4.79 Å². The van der Waals surface area contributed by atoms with Crippen molar-refractivity contribution in [1.82, 2.24) is 15.1 Å². The number of amides is 3. The number of urea groups is 1. The fourth-order valence-electron chi connectivity index (χ4n) is 1.37. The average molecular weight is 273 g/mol. The summed E-state index contributed by atoms with van der Waals surface area (Å²) in [6, 6.07) is -1.50. The summed E-state index contributed by atoms with van der Waals surface area (Å²) in [6.45, 7) is 5.41. The van der Waals surface area contributed by atoms with Crippen molar-refractivity contribution in [3.05, 3.63) is 0 Å². The van der Waals surface area contributed by atoms with Crippen LogP contribution in [0.25, 0.3) is 0 Å². The second kappa shape index (κ2) is 7.60. The average Bonchev–Trinajstić information content (AvgIpc) is 2.31. The zero-order valence-electron chi connectivity index (χ0n) is 12.1. The summed E-state index contributed by atoms with van der Waals surface area (Å²) in [5.41, 5.74) is 0. The summed E-state index contributed by atoms with van der Waals surface area (Å²) < 4.78 is 0. The molecule has 0 saturated carbocycles. The van der Waals surface area contributed by atoms with Crippen molar-refractivity contribution in [2.45, 2.75) is 26.8 Å². The molecule has 1 atom stereocenters. The molecule has 0 saturated heterocycles. The van der Waals surface area contributed by atoms with Crippen molar-refractivity contribution in [2.24, 2.45) is 5.92 Å². The monoisotopic (exact) mass is 273 g/mol. The summed E-state index contributed by atoms with van der Waals surface area (Å²) in [5, 5.41) is 11.4. The molecular formula is C12H23N3O4. The first kappa shape index (κ1) is 17.2. The van der Waals surface area contributed by atoms with E-state index >= 15 is 0 Å². The Kier molecular flexibility index (Phi) is 6.89. The number of rotatable bonds is 6. The van der Waals surface area contributed by atoms with Gasteiger partial charge in [0.25, 0.3) is 0 Å². The van der Waals surface area contributed by atoms with Gasteiger partial charge in [-0.15, -0.1) is 0 Å². The van der Waals surface area contributed by atoms with Crippen LogP contribution in [0.3, 0.4) is 0 Å². The third-order valence-electron chi connectivity index (χ3n) is 2.71. The SMILES string of the molecule is CCN(CC(=O)N(C)C)C(=O)N[C@@H](C(=O)O)C(C)C. The molecule has 0 rings (SSSR count). The standard InChI is InChI=1S/C12H23N3O4/c1-6-15(7-9(16)14(4)5)12(19)13-10(8(2)3)11(17)18/h8,10H,6-7H2,1-5H3,(H,13,19)(H,17,18)/t10-/m1/s1. The third kappa shape index (κ3) is 5.58. The zero-order chi connectivity index (χ0) is 15.2. The van der Waals surface area contributed by atoms with Gasteiger partial charge in [0.15, 0.2) is 0 Å². The maximum atomic E-state index is 11.9. The van der Waals surface area contributed by atoms with E-state index in [0.717, 1.165) is 0 Å². The van der Waals surface area contributed by atoms with E-state index in [1.54, 1.807) is 34.9 Å². The molecule has 0 unspecified atom stereocenters. The summed E-state index contributed by atoms with van der Waals surface area (Å²) in [4.78, 5) is 37.2. The van der Waals surface area contributed by atoms with Crippen molar-refractivity contribution >= 4 is 17.9 Å². The number of hydrogen-bond acceptors (Lipinski definition) is 3. The Hall–Kier alpha value is -1.79. The van der Waals surface area contributed by atoms with Gasteiger partial charge in [0.05, 0.1) is 0 Å². The van der Waals surface area contributed by atoms with Crippen LogP contribution in [0, 0.1) is 5.92 Å². The number of nitrogens with one attached hydrogen (secondary N) is 1. The molecule has 0 bridgehead atoms. The van der Waals surface area contributed by atoms with Gasteiger partial charge in [-0.3, -0.25) is 4.79 Å². The molecule has 0 radical (unpaired) electrons. The van der Waals surface area contributed by atoms with Crippen molar-refractivity contribution in [1.29, 1.82) is 0 Å². The maximum Gasteiger partial charge on any atom is 0.326 e. The highest BCUT2D eigenvalue weighted by atomic mass is 16.4. The number of likely N-dealkylation sites (N-methyl/N-ethyl adjacent to an activating group) is 2. The lowest BCUT2D eigenvalue weighted by molar-refractivity contribution is -0.140. The molecule has 0 aliphatic carbocycles. The number of carboxylic acids is 1. The molecule has 0 aromatic rings. The minimum atomic E-state index is -1.08. The van der Waals surface area contributed by atoms with E-state index in [4.69, 9.17) is 5.11 Å². The molecular weight excluding hydrogens is 250 g/mol. The van der Waals surface area contributed by atoms with Crippen LogP contribution >= 0.6 is 0 Å². The van der Waals surface area contributed by atoms with E-state index in [2.05, 4.69) is 5.32 Å². The third-order valence-corrected chi connectivity index (χ3v) is 2.71. The van der Waals surface area contributed by atoms with Crippen LogP contribution in [0.5, 0.6) is 0 Å². The molecule has 0 aromatic carbocycles. The number of carbonyl (C=O) groups is 3. The van der Waals surface area contributed by atoms with Crippen LogP contribution in [0.15, 0.2) is 0 Å². The Labute approximate surface area is 113 Å². The Morgan fingerprint density at radius 1 is 1.21 bits per heavy atom. The van der Waals surface area contributed by atoms with E-state index in [0.29, 0.717) is 6.54 Å². The topological polar surface area (TPSA) is 90.0 Å². The molecule has 19 heavy (non-hydrogen) atoms. The van der Waals surface area contributed by atoms with Gasteiger partial charge in [0.1, 0.15) is 12.6 Å². The smallest absolute Gasteiger partial charge is 0.326 e. The first-order chi connectivity index (χ1) is 8.70. The molecule has 0 aromatic heterocycles. The molecule has 0 spiro atoms. The molecule has 0 fully saturated rings. The predicted molar refractivity (Wildman–Crippen MR) is 70.7 cm³/mol. The van der Waals surface area contributed by atoms with Crippen molar-refractivity contribution in [3.63, 3.8) is 0 Å². The number of aliphatic carboxylic acids is 1. The van der Waals surface area contributed by atoms with E-state index in [-0.39, 0.29) is 18.4 Å². The molecule has 110 valence electrons. The highest BCUT2D eigenvalue weighted by Gasteiger charge is 2.26. The minimum absolute atomic E-state index is 0.0697. The van der Waals surface area contributed by atoms with Crippen molar-refractivity contribution in [2.75, 3.05) is 27.2 Å². The molecule has 2 N–H and O–H groups in total. The zero-order valence-corrected chi connectivity index (χ0v) is 12.1. The minimum Gasteiger partial charge on any atom is -0.480 e. The van der Waals surface area contributed by atoms with Crippen LogP contribution in [0.2, 0.25) is 0 Å². The highest BCUT2D eigenvalue weighted by Crippen LogP contribution is 2.03. The molecule has 0 aliphatic heterocycles. The van der Waals surface area contributed by atoms with E-state index in [1.165, 1.54) is 9.80 Å². The van der Waals surface area contributed by atoms with Gasteiger partial charge in [0, 0.05) is 20.6 Å². The molecule has 3 amide bonds. The highest BCUT2D eigenvalue weighted by molar-refractivity contribution is 5.86. The summed E-state index contributed by atoms with van der Waals surface area (Å²) in [7, 11) is 3.20. The van der Waals surface area contributed by atoms with Gasteiger partial charge in [-0.05, 0) is 12.8 Å². The van der Waals surface area contributed by atoms with E-state index < -0.39 is 18.0 Å². The van der Waals surface area contributed by atoms with Crippen molar-refractivity contribution < 1.29 is 19.5 Å². The van der Waals surface area contributed by atoms with Crippen LogP contribution < -0.4 is 5.32 Å². The van der Waals surface area contributed by atoms with Gasteiger partial charge in [-0.1, -0.05) is 13.8 Å². The number of nitrogens with zero attached hydrogens (tertiary/aromatic N) is 2. The Balaban J connectivity index is 4.67. The first-order valence-electron chi connectivity index (χ1n) is 6.19. The lowest BCUT2D eigenvalue weighted by Gasteiger charge is -2.26. The van der Waals surface area contributed by atoms with Gasteiger partial charge in [-0.2, -0.15) is 0 Å². The Bertz CT molecular complexity index is 342. The first-order valence-corrected chi connectivity index (χ1v) is 6.19. The number of carboxylic acid groups (broad SMARTS) is 1. The second-order valence-electron chi connectivity index (χ2n) is 4.81. The molecule has 0 heterocycles. The molecule has 7 nitrogen and oxygen atoms in total. The van der Waals surface area contributed by atoms with Gasteiger partial charge >= 0.3 is 12.0 Å². The van der Waals surface area contributed by atoms with Gasteiger partial charge in [0.2, 0.25) is 5.91 Å². The van der Waals surface area contributed by atoms with Crippen LogP contribution in [-0.4, -0.2) is 66.0 Å². The predicted octanol–water partition coefficient (Wildman–Crippen LogP) is 0.215. The lowest BCUT2D eigenvalue weighted by Crippen LogP contribution is -2.52. The fourth-order valence-corrected chi connectivity index (χ4v) is 1.37.